The van der Waals surface area contributed by atoms with E-state index in [2.05, 4.69) is 10.6 Å². The highest BCUT2D eigenvalue weighted by Crippen LogP contribution is 2.35. The van der Waals surface area contributed by atoms with E-state index in [1.807, 2.05) is 44.2 Å². The summed E-state index contributed by atoms with van der Waals surface area (Å²) in [7, 11) is 0. The smallest absolute Gasteiger partial charge is 0.411 e. The normalized spacial score (nSPS) is 17.1. The van der Waals surface area contributed by atoms with Crippen LogP contribution >= 0.6 is 0 Å². The number of ether oxygens (including phenoxy) is 1. The minimum Gasteiger partial charge on any atom is -0.438 e. The predicted molar refractivity (Wildman–Crippen MR) is 134 cm³/mol. The van der Waals surface area contributed by atoms with Gasteiger partial charge in [-0.05, 0) is 54.3 Å². The minimum atomic E-state index is -0.807. The van der Waals surface area contributed by atoms with Crippen LogP contribution in [0.3, 0.4) is 0 Å². The van der Waals surface area contributed by atoms with E-state index in [0.717, 1.165) is 17.5 Å². The van der Waals surface area contributed by atoms with Gasteiger partial charge in [0, 0.05) is 17.8 Å². The van der Waals surface area contributed by atoms with Gasteiger partial charge < -0.3 is 15.4 Å². The van der Waals surface area contributed by atoms with E-state index in [9.17, 15) is 14.4 Å². The van der Waals surface area contributed by atoms with Gasteiger partial charge in [-0.25, -0.2) is 4.79 Å². The monoisotopic (exact) mass is 471 g/mol. The predicted octanol–water partition coefficient (Wildman–Crippen LogP) is 4.84. The second-order valence-corrected chi connectivity index (χ2v) is 8.54. The molecule has 2 N–H and O–H groups in total. The Morgan fingerprint density at radius 1 is 0.943 bits per heavy atom. The van der Waals surface area contributed by atoms with Crippen LogP contribution in [0.2, 0.25) is 0 Å². The molecule has 0 radical (unpaired) electrons. The molecule has 4 rings (SSSR count). The summed E-state index contributed by atoms with van der Waals surface area (Å²) < 4.78 is 5.71. The van der Waals surface area contributed by atoms with Gasteiger partial charge in [0.1, 0.15) is 0 Å². The Morgan fingerprint density at radius 3 is 2.31 bits per heavy atom. The Kier molecular flexibility index (Phi) is 7.45. The fourth-order valence-electron chi connectivity index (χ4n) is 4.08. The molecule has 0 aromatic heterocycles. The number of hydrogen-bond donors (Lipinski definition) is 2. The van der Waals surface area contributed by atoms with Crippen molar-refractivity contribution >= 4 is 23.6 Å². The molecule has 7 nitrogen and oxygen atoms in total. The molecule has 7 heteroatoms. The van der Waals surface area contributed by atoms with Crippen molar-refractivity contribution in [2.75, 3.05) is 11.9 Å². The van der Waals surface area contributed by atoms with Crippen LogP contribution in [0.5, 0.6) is 0 Å². The van der Waals surface area contributed by atoms with E-state index >= 15 is 0 Å². The average Bonchev–Trinajstić information content (AvgIpc) is 3.20. The largest absolute Gasteiger partial charge is 0.438 e. The number of nitrogens with one attached hydrogen (secondary N) is 2. The van der Waals surface area contributed by atoms with Crippen molar-refractivity contribution in [2.24, 2.45) is 0 Å². The van der Waals surface area contributed by atoms with Gasteiger partial charge in [-0.3, -0.25) is 14.5 Å². The van der Waals surface area contributed by atoms with Crippen LogP contribution in [-0.2, 0) is 16.1 Å². The Labute approximate surface area is 205 Å². The van der Waals surface area contributed by atoms with Crippen molar-refractivity contribution in [3.05, 3.63) is 101 Å². The van der Waals surface area contributed by atoms with Crippen LogP contribution in [0.25, 0.3) is 0 Å². The summed E-state index contributed by atoms with van der Waals surface area (Å²) in [6.07, 6.45) is -0.510. The summed E-state index contributed by atoms with van der Waals surface area (Å²) in [5.74, 6) is -0.468. The second kappa shape index (κ2) is 10.9. The molecule has 1 aliphatic heterocycles. The second-order valence-electron chi connectivity index (χ2n) is 8.54. The highest BCUT2D eigenvalue weighted by molar-refractivity contribution is 6.04. The molecule has 0 saturated carbocycles. The summed E-state index contributed by atoms with van der Waals surface area (Å²) in [5, 5.41) is 5.77. The molecule has 1 saturated heterocycles. The van der Waals surface area contributed by atoms with E-state index in [1.54, 1.807) is 48.5 Å². The number of rotatable bonds is 8. The Morgan fingerprint density at radius 2 is 1.63 bits per heavy atom. The Hall–Kier alpha value is -4.13. The first kappa shape index (κ1) is 24.0. The van der Waals surface area contributed by atoms with Crippen LogP contribution in [0, 0.1) is 6.92 Å². The molecule has 0 aliphatic carbocycles. The van der Waals surface area contributed by atoms with E-state index in [0.29, 0.717) is 23.4 Å². The molecule has 180 valence electrons. The van der Waals surface area contributed by atoms with Crippen molar-refractivity contribution in [3.8, 4) is 0 Å². The molecular weight excluding hydrogens is 442 g/mol. The van der Waals surface area contributed by atoms with Gasteiger partial charge in [-0.1, -0.05) is 61.5 Å². The molecule has 2 atom stereocenters. The van der Waals surface area contributed by atoms with Crippen molar-refractivity contribution < 1.29 is 19.1 Å². The van der Waals surface area contributed by atoms with Crippen LogP contribution in [0.4, 0.5) is 10.5 Å². The van der Waals surface area contributed by atoms with Gasteiger partial charge in [0.05, 0.1) is 6.54 Å². The van der Waals surface area contributed by atoms with Crippen molar-refractivity contribution in [1.29, 1.82) is 0 Å². The Bertz CT molecular complexity index is 1190. The molecule has 1 heterocycles. The number of amides is 3. The number of hydrogen-bond acceptors (Lipinski definition) is 4. The third-order valence-corrected chi connectivity index (χ3v) is 6.04. The van der Waals surface area contributed by atoms with Crippen molar-refractivity contribution in [2.45, 2.75) is 39.0 Å². The summed E-state index contributed by atoms with van der Waals surface area (Å²) in [6.45, 7) is 4.74. The van der Waals surface area contributed by atoms with Gasteiger partial charge >= 0.3 is 6.09 Å². The molecule has 3 aromatic carbocycles. The molecule has 0 spiro atoms. The van der Waals surface area contributed by atoms with Crippen LogP contribution in [0.1, 0.15) is 46.5 Å². The topological polar surface area (TPSA) is 87.7 Å². The molecule has 2 unspecified atom stereocenters. The van der Waals surface area contributed by atoms with E-state index in [-0.39, 0.29) is 18.4 Å². The number of nitrogens with zero attached hydrogens (tertiary/aromatic N) is 1. The zero-order valence-corrected chi connectivity index (χ0v) is 19.9. The van der Waals surface area contributed by atoms with Crippen LogP contribution in [-0.4, -0.2) is 35.4 Å². The SMILES string of the molecule is CCCNC(=O)C1C(c2ccc(NC(=O)c3ccccc3)cc2)OC(=O)N1Cc1ccccc1C. The first-order chi connectivity index (χ1) is 17.0. The summed E-state index contributed by atoms with van der Waals surface area (Å²) in [6, 6.07) is 22.9. The van der Waals surface area contributed by atoms with Gasteiger partial charge in [-0.15, -0.1) is 0 Å². The summed E-state index contributed by atoms with van der Waals surface area (Å²) >= 11 is 0. The third kappa shape index (κ3) is 5.51. The fourth-order valence-corrected chi connectivity index (χ4v) is 4.08. The highest BCUT2D eigenvalue weighted by atomic mass is 16.6. The third-order valence-electron chi connectivity index (χ3n) is 6.04. The van der Waals surface area contributed by atoms with E-state index in [1.165, 1.54) is 4.90 Å². The zero-order valence-electron chi connectivity index (χ0n) is 19.9. The minimum absolute atomic E-state index is 0.216. The number of carbonyl (C=O) groups is 3. The van der Waals surface area contributed by atoms with Crippen molar-refractivity contribution in [1.82, 2.24) is 10.2 Å². The van der Waals surface area contributed by atoms with Gasteiger partial charge in [0.15, 0.2) is 12.1 Å². The Balaban J connectivity index is 1.55. The van der Waals surface area contributed by atoms with E-state index < -0.39 is 18.2 Å². The number of benzene rings is 3. The average molecular weight is 472 g/mol. The lowest BCUT2D eigenvalue weighted by molar-refractivity contribution is -0.126. The van der Waals surface area contributed by atoms with E-state index in [4.69, 9.17) is 4.74 Å². The lowest BCUT2D eigenvalue weighted by Gasteiger charge is -2.24. The molecule has 3 aromatic rings. The first-order valence-corrected chi connectivity index (χ1v) is 11.7. The maximum Gasteiger partial charge on any atom is 0.411 e. The number of anilines is 1. The molecule has 3 amide bonds. The number of carbonyl (C=O) groups excluding carboxylic acids is 3. The van der Waals surface area contributed by atoms with Crippen LogP contribution in [0.15, 0.2) is 78.9 Å². The molecule has 0 bridgehead atoms. The maximum atomic E-state index is 13.1. The number of cyclic esters (lactones) is 1. The van der Waals surface area contributed by atoms with Crippen LogP contribution < -0.4 is 10.6 Å². The molecule has 1 aliphatic rings. The van der Waals surface area contributed by atoms with Gasteiger partial charge in [0.2, 0.25) is 5.91 Å². The van der Waals surface area contributed by atoms with Gasteiger partial charge in [0.25, 0.3) is 5.91 Å². The molecule has 1 fully saturated rings. The lowest BCUT2D eigenvalue weighted by atomic mass is 9.99. The number of aryl methyl sites for hydroxylation is 1. The standard InChI is InChI=1S/C28H29N3O4/c1-3-17-29-27(33)24-25(35-28(34)31(24)18-22-12-8-7-9-19(22)2)20-13-15-23(16-14-20)30-26(32)21-10-5-4-6-11-21/h4-16,24-25H,3,17-18H2,1-2H3,(H,29,33)(H,30,32). The summed E-state index contributed by atoms with van der Waals surface area (Å²) in [4.78, 5) is 40.0. The lowest BCUT2D eigenvalue weighted by Crippen LogP contribution is -2.46. The quantitative estimate of drug-likeness (QED) is 0.492. The zero-order chi connectivity index (χ0) is 24.8. The van der Waals surface area contributed by atoms with Crippen molar-refractivity contribution in [3.63, 3.8) is 0 Å². The maximum absolute atomic E-state index is 13.1. The van der Waals surface area contributed by atoms with Gasteiger partial charge in [-0.2, -0.15) is 0 Å². The highest BCUT2D eigenvalue weighted by Gasteiger charge is 2.46. The molecule has 35 heavy (non-hydrogen) atoms. The fraction of sp³-hybridized carbons (Fsp3) is 0.250. The first-order valence-electron chi connectivity index (χ1n) is 11.7. The summed E-state index contributed by atoms with van der Waals surface area (Å²) in [5.41, 5.74) is 3.84. The molecular formula is C28H29N3O4.